The second-order valence-electron chi connectivity index (χ2n) is 5.76. The fourth-order valence-electron chi connectivity index (χ4n) is 3.58. The van der Waals surface area contributed by atoms with Gasteiger partial charge in [-0.25, -0.2) is 9.79 Å². The summed E-state index contributed by atoms with van der Waals surface area (Å²) in [7, 11) is 0. The summed E-state index contributed by atoms with van der Waals surface area (Å²) in [5.74, 6) is -2.38. The highest BCUT2D eigenvalue weighted by Crippen LogP contribution is 2.48. The van der Waals surface area contributed by atoms with Gasteiger partial charge < -0.3 is 41.3 Å². The van der Waals surface area contributed by atoms with Gasteiger partial charge in [-0.15, -0.1) is 0 Å². The Morgan fingerprint density at radius 3 is 2.71 bits per heavy atom. The molecule has 8 N–H and O–H groups in total. The standard InChI is InChI=1S/C11H17N3O7/c12-9-13-7(18)3-1-10(20,2-15)6-4(16)11(3,14-9)5(17)8(19)21-6/h3-7,15-18,20H,1-2H2,(H3,12,13,14)/t3-,4+,5+,6-,7+,10+,11+/m0/s1. The first-order valence-electron chi connectivity index (χ1n) is 6.45. The van der Waals surface area contributed by atoms with Gasteiger partial charge in [0.15, 0.2) is 24.4 Å². The predicted molar refractivity (Wildman–Crippen MR) is 65.5 cm³/mol. The maximum Gasteiger partial charge on any atom is 0.338 e. The van der Waals surface area contributed by atoms with Crippen molar-refractivity contribution < 1.29 is 35.1 Å². The molecule has 0 amide bonds. The molecule has 1 saturated carbocycles. The van der Waals surface area contributed by atoms with E-state index in [4.69, 9.17) is 10.5 Å². The number of ether oxygens (including phenoxy) is 1. The van der Waals surface area contributed by atoms with E-state index >= 15 is 0 Å². The molecule has 0 aromatic heterocycles. The number of aliphatic hydroxyl groups excluding tert-OH is 4. The summed E-state index contributed by atoms with van der Waals surface area (Å²) < 4.78 is 4.85. The molecule has 7 atom stereocenters. The van der Waals surface area contributed by atoms with Gasteiger partial charge in [0.1, 0.15) is 17.2 Å². The van der Waals surface area contributed by atoms with Gasteiger partial charge >= 0.3 is 5.97 Å². The molecule has 1 aliphatic carbocycles. The van der Waals surface area contributed by atoms with Gasteiger partial charge in [0.25, 0.3) is 0 Å². The van der Waals surface area contributed by atoms with E-state index < -0.39 is 54.2 Å². The highest BCUT2D eigenvalue weighted by atomic mass is 16.6. The molecular formula is C11H17N3O7. The first-order valence-corrected chi connectivity index (χ1v) is 6.45. The normalized spacial score (nSPS) is 52.3. The molecule has 118 valence electrons. The average molecular weight is 303 g/mol. The monoisotopic (exact) mass is 303 g/mol. The molecule has 21 heavy (non-hydrogen) atoms. The summed E-state index contributed by atoms with van der Waals surface area (Å²) in [5, 5.41) is 53.0. The van der Waals surface area contributed by atoms with E-state index in [0.29, 0.717) is 0 Å². The Kier molecular flexibility index (Phi) is 2.94. The number of carbonyl (C=O) groups excluding carboxylic acids is 1. The number of carbonyl (C=O) groups is 1. The number of rotatable bonds is 1. The minimum atomic E-state index is -1.95. The number of aliphatic imine (C=N–C) groups is 1. The van der Waals surface area contributed by atoms with Gasteiger partial charge in [0, 0.05) is 5.92 Å². The Balaban J connectivity index is 2.16. The average Bonchev–Trinajstić information content (AvgIpc) is 2.42. The number of hydrogen-bond donors (Lipinski definition) is 7. The van der Waals surface area contributed by atoms with Crippen molar-refractivity contribution in [3.63, 3.8) is 0 Å². The van der Waals surface area contributed by atoms with Gasteiger partial charge in [-0.05, 0) is 6.42 Å². The summed E-state index contributed by atoms with van der Waals surface area (Å²) in [6, 6.07) is 0. The van der Waals surface area contributed by atoms with E-state index in [1.165, 1.54) is 0 Å². The summed E-state index contributed by atoms with van der Waals surface area (Å²) >= 11 is 0. The number of nitrogens with one attached hydrogen (secondary N) is 1. The highest BCUT2D eigenvalue weighted by Gasteiger charge is 2.71. The van der Waals surface area contributed by atoms with Crippen LogP contribution >= 0.6 is 0 Å². The van der Waals surface area contributed by atoms with Crippen molar-refractivity contribution in [2.45, 2.75) is 42.1 Å². The van der Waals surface area contributed by atoms with Crippen LogP contribution in [0, 0.1) is 5.92 Å². The topological polar surface area (TPSA) is 178 Å². The SMILES string of the molecule is NC1=N[C@H](O)[C@@H]2C[C@@](O)(CO)[C@H]3OC(=O)[C@@H](O)[C@]2(N1)[C@@H]3O. The van der Waals surface area contributed by atoms with E-state index in [2.05, 4.69) is 10.3 Å². The van der Waals surface area contributed by atoms with Crippen LogP contribution in [-0.2, 0) is 9.53 Å². The maximum absolute atomic E-state index is 11.8. The molecule has 3 aliphatic rings. The summed E-state index contributed by atoms with van der Waals surface area (Å²) in [6.45, 7) is -0.795. The minimum absolute atomic E-state index is 0.249. The van der Waals surface area contributed by atoms with E-state index in [9.17, 15) is 30.3 Å². The number of guanidine groups is 1. The van der Waals surface area contributed by atoms with Crippen LogP contribution in [0.25, 0.3) is 0 Å². The second-order valence-corrected chi connectivity index (χ2v) is 5.76. The zero-order valence-corrected chi connectivity index (χ0v) is 10.9. The highest BCUT2D eigenvalue weighted by molar-refractivity contribution is 5.84. The van der Waals surface area contributed by atoms with Crippen LogP contribution in [0.4, 0.5) is 0 Å². The molecule has 0 aromatic rings. The smallest absolute Gasteiger partial charge is 0.338 e. The molecule has 2 heterocycles. The number of esters is 1. The lowest BCUT2D eigenvalue weighted by Crippen LogP contribution is -2.84. The second kappa shape index (κ2) is 4.27. The molecule has 0 radical (unpaired) electrons. The molecule has 1 spiro atoms. The molecule has 2 aliphatic heterocycles. The van der Waals surface area contributed by atoms with Crippen molar-refractivity contribution in [2.75, 3.05) is 6.61 Å². The fourth-order valence-corrected chi connectivity index (χ4v) is 3.58. The lowest BCUT2D eigenvalue weighted by molar-refractivity contribution is -0.276. The Morgan fingerprint density at radius 2 is 2.10 bits per heavy atom. The van der Waals surface area contributed by atoms with Crippen LogP contribution in [0.5, 0.6) is 0 Å². The van der Waals surface area contributed by atoms with E-state index in [1.54, 1.807) is 0 Å². The van der Waals surface area contributed by atoms with Crippen LogP contribution in [0.2, 0.25) is 0 Å². The van der Waals surface area contributed by atoms with Crippen molar-refractivity contribution in [3.05, 3.63) is 0 Å². The van der Waals surface area contributed by atoms with Crippen LogP contribution < -0.4 is 11.1 Å². The largest absolute Gasteiger partial charge is 0.454 e. The van der Waals surface area contributed by atoms with Gasteiger partial charge in [0.2, 0.25) is 0 Å². The minimum Gasteiger partial charge on any atom is -0.454 e. The molecule has 1 saturated heterocycles. The molecular weight excluding hydrogens is 286 g/mol. The molecule has 10 heteroatoms. The quantitative estimate of drug-likeness (QED) is 0.234. The van der Waals surface area contributed by atoms with Crippen molar-refractivity contribution >= 4 is 11.9 Å². The molecule has 2 bridgehead atoms. The van der Waals surface area contributed by atoms with E-state index in [0.717, 1.165) is 0 Å². The van der Waals surface area contributed by atoms with Crippen molar-refractivity contribution in [1.82, 2.24) is 5.32 Å². The summed E-state index contributed by atoms with van der Waals surface area (Å²) in [4.78, 5) is 15.5. The van der Waals surface area contributed by atoms with Gasteiger partial charge in [-0.3, -0.25) is 0 Å². The number of nitrogens with two attached hydrogens (primary N) is 1. The molecule has 10 nitrogen and oxygen atoms in total. The van der Waals surface area contributed by atoms with Crippen LogP contribution in [-0.4, -0.2) is 79.7 Å². The first kappa shape index (κ1) is 14.5. The lowest BCUT2D eigenvalue weighted by atomic mass is 9.59. The van der Waals surface area contributed by atoms with Gasteiger partial charge in [-0.2, -0.15) is 0 Å². The zero-order chi connectivity index (χ0) is 15.6. The zero-order valence-electron chi connectivity index (χ0n) is 10.9. The van der Waals surface area contributed by atoms with E-state index in [-0.39, 0.29) is 12.4 Å². The fraction of sp³-hybridized carbons (Fsp3) is 0.818. The number of hydrogen-bond acceptors (Lipinski definition) is 10. The maximum atomic E-state index is 11.8. The number of fused-ring (bicyclic) bond motifs is 1. The number of nitrogens with zero attached hydrogens (tertiary/aromatic N) is 1. The first-order chi connectivity index (χ1) is 9.76. The van der Waals surface area contributed by atoms with Crippen LogP contribution in [0.1, 0.15) is 6.42 Å². The van der Waals surface area contributed by atoms with Crippen molar-refractivity contribution in [3.8, 4) is 0 Å². The van der Waals surface area contributed by atoms with E-state index in [1.807, 2.05) is 0 Å². The molecule has 0 unspecified atom stereocenters. The third kappa shape index (κ3) is 1.64. The third-order valence-electron chi connectivity index (χ3n) is 4.66. The van der Waals surface area contributed by atoms with Crippen molar-refractivity contribution in [2.24, 2.45) is 16.6 Å². The molecule has 2 fully saturated rings. The molecule has 3 rings (SSSR count). The lowest BCUT2D eigenvalue weighted by Gasteiger charge is -2.60. The number of aliphatic hydroxyl groups is 5. The van der Waals surface area contributed by atoms with Gasteiger partial charge in [-0.1, -0.05) is 0 Å². The molecule has 0 aromatic carbocycles. The summed E-state index contributed by atoms with van der Waals surface area (Å²) in [5.41, 5.74) is 1.84. The Morgan fingerprint density at radius 1 is 1.43 bits per heavy atom. The van der Waals surface area contributed by atoms with Crippen molar-refractivity contribution in [1.29, 1.82) is 0 Å². The summed E-state index contributed by atoms with van der Waals surface area (Å²) in [6.07, 6.45) is -6.56. The van der Waals surface area contributed by atoms with Crippen LogP contribution in [0.3, 0.4) is 0 Å². The third-order valence-corrected chi connectivity index (χ3v) is 4.66. The predicted octanol–water partition coefficient (Wildman–Crippen LogP) is -4.65. The van der Waals surface area contributed by atoms with Crippen LogP contribution in [0.15, 0.2) is 4.99 Å². The Hall–Kier alpha value is -1.46. The van der Waals surface area contributed by atoms with Gasteiger partial charge in [0.05, 0.1) is 6.61 Å². The Bertz CT molecular complexity index is 514. The Labute approximate surface area is 118 Å².